The summed E-state index contributed by atoms with van der Waals surface area (Å²) in [5.74, 6) is 0.853. The van der Waals surface area contributed by atoms with Crippen LogP contribution < -0.4 is 4.90 Å². The first kappa shape index (κ1) is 11.1. The maximum absolute atomic E-state index is 10.7. The molecule has 1 saturated heterocycles. The summed E-state index contributed by atoms with van der Waals surface area (Å²) in [5, 5.41) is 0. The third-order valence-electron chi connectivity index (χ3n) is 2.62. The number of morpholine rings is 1. The van der Waals surface area contributed by atoms with Crippen LogP contribution in [-0.2, 0) is 4.74 Å². The first-order chi connectivity index (χ1) is 7.69. The molecule has 0 N–H and O–H groups in total. The number of ether oxygens (including phenoxy) is 1. The molecule has 86 valence electrons. The van der Waals surface area contributed by atoms with Crippen LogP contribution in [0.15, 0.2) is 18.2 Å². The van der Waals surface area contributed by atoms with Gasteiger partial charge < -0.3 is 9.64 Å². The molecule has 4 nitrogen and oxygen atoms in total. The summed E-state index contributed by atoms with van der Waals surface area (Å²) < 4.78 is 5.66. The van der Waals surface area contributed by atoms with Crippen LogP contribution in [0.25, 0.3) is 0 Å². The maximum atomic E-state index is 10.7. The third-order valence-corrected chi connectivity index (χ3v) is 2.62. The lowest BCUT2D eigenvalue weighted by Gasteiger charge is -2.36. The van der Waals surface area contributed by atoms with Crippen molar-refractivity contribution in [2.75, 3.05) is 18.0 Å². The summed E-state index contributed by atoms with van der Waals surface area (Å²) in [6.07, 6.45) is 1.17. The van der Waals surface area contributed by atoms with E-state index in [-0.39, 0.29) is 12.2 Å². The molecule has 0 amide bonds. The van der Waals surface area contributed by atoms with Crippen molar-refractivity contribution in [1.82, 2.24) is 4.98 Å². The van der Waals surface area contributed by atoms with Gasteiger partial charge in [0.1, 0.15) is 11.5 Å². The van der Waals surface area contributed by atoms with Gasteiger partial charge in [0.15, 0.2) is 6.29 Å². The van der Waals surface area contributed by atoms with Crippen molar-refractivity contribution in [3.63, 3.8) is 0 Å². The van der Waals surface area contributed by atoms with Gasteiger partial charge in [-0.25, -0.2) is 4.98 Å². The van der Waals surface area contributed by atoms with Crippen LogP contribution >= 0.6 is 0 Å². The van der Waals surface area contributed by atoms with Gasteiger partial charge in [-0.15, -0.1) is 0 Å². The minimum absolute atomic E-state index is 0.199. The number of hydrogen-bond acceptors (Lipinski definition) is 4. The van der Waals surface area contributed by atoms with E-state index in [9.17, 15) is 4.79 Å². The fraction of sp³-hybridized carbons (Fsp3) is 0.500. The molecule has 0 radical (unpaired) electrons. The number of nitrogens with zero attached hydrogens (tertiary/aromatic N) is 2. The maximum Gasteiger partial charge on any atom is 0.168 e. The molecule has 1 aromatic rings. The number of pyridine rings is 1. The first-order valence-corrected chi connectivity index (χ1v) is 5.51. The van der Waals surface area contributed by atoms with E-state index in [0.29, 0.717) is 5.69 Å². The Balaban J connectivity index is 2.19. The molecule has 2 heterocycles. The van der Waals surface area contributed by atoms with E-state index in [0.717, 1.165) is 25.2 Å². The highest BCUT2D eigenvalue weighted by Crippen LogP contribution is 2.18. The van der Waals surface area contributed by atoms with Crippen molar-refractivity contribution in [3.8, 4) is 0 Å². The van der Waals surface area contributed by atoms with Gasteiger partial charge in [-0.2, -0.15) is 0 Å². The standard InChI is InChI=1S/C12H16N2O2/c1-9-6-14(7-10(2)16-9)12-5-3-4-11(8-15)13-12/h3-5,8-10H,6-7H2,1-2H3/t9-,10+. The van der Waals surface area contributed by atoms with Crippen LogP contribution in [0.2, 0.25) is 0 Å². The van der Waals surface area contributed by atoms with Crippen molar-refractivity contribution in [1.29, 1.82) is 0 Å². The van der Waals surface area contributed by atoms with Crippen LogP contribution in [0.3, 0.4) is 0 Å². The van der Waals surface area contributed by atoms with Gasteiger partial charge in [0.2, 0.25) is 0 Å². The topological polar surface area (TPSA) is 42.4 Å². The van der Waals surface area contributed by atoms with Crippen molar-refractivity contribution in [3.05, 3.63) is 23.9 Å². The summed E-state index contributed by atoms with van der Waals surface area (Å²) in [6.45, 7) is 5.73. The van der Waals surface area contributed by atoms with Crippen molar-refractivity contribution in [2.45, 2.75) is 26.1 Å². The Morgan fingerprint density at radius 2 is 2.06 bits per heavy atom. The lowest BCUT2D eigenvalue weighted by Crippen LogP contribution is -2.45. The van der Waals surface area contributed by atoms with E-state index in [1.165, 1.54) is 0 Å². The van der Waals surface area contributed by atoms with Gasteiger partial charge in [0, 0.05) is 13.1 Å². The number of aldehydes is 1. The van der Waals surface area contributed by atoms with E-state index in [1.54, 1.807) is 6.07 Å². The van der Waals surface area contributed by atoms with E-state index in [2.05, 4.69) is 9.88 Å². The third kappa shape index (κ3) is 2.39. The SMILES string of the molecule is C[C@@H]1CN(c2cccc(C=O)n2)C[C@H](C)O1. The zero-order valence-corrected chi connectivity index (χ0v) is 9.59. The Bertz CT molecular complexity index is 371. The minimum atomic E-state index is 0.199. The van der Waals surface area contributed by atoms with E-state index in [4.69, 9.17) is 4.74 Å². The summed E-state index contributed by atoms with van der Waals surface area (Å²) in [5.41, 5.74) is 0.476. The Hall–Kier alpha value is -1.42. The second-order valence-corrected chi connectivity index (χ2v) is 4.20. The monoisotopic (exact) mass is 220 g/mol. The zero-order valence-electron chi connectivity index (χ0n) is 9.59. The Labute approximate surface area is 95.2 Å². The second kappa shape index (κ2) is 4.61. The molecule has 1 fully saturated rings. The fourth-order valence-corrected chi connectivity index (χ4v) is 2.05. The predicted octanol–water partition coefficient (Wildman–Crippen LogP) is 1.51. The molecule has 0 bridgehead atoms. The number of carbonyl (C=O) groups is 1. The molecule has 4 heteroatoms. The molecular weight excluding hydrogens is 204 g/mol. The van der Waals surface area contributed by atoms with Crippen molar-refractivity contribution >= 4 is 12.1 Å². The molecule has 0 saturated carbocycles. The highest BCUT2D eigenvalue weighted by Gasteiger charge is 2.22. The molecule has 0 unspecified atom stereocenters. The van der Waals surface area contributed by atoms with Crippen LogP contribution in [0.5, 0.6) is 0 Å². The predicted molar refractivity (Wildman–Crippen MR) is 61.8 cm³/mol. The molecule has 2 rings (SSSR count). The zero-order chi connectivity index (χ0) is 11.5. The quantitative estimate of drug-likeness (QED) is 0.708. The number of anilines is 1. The normalized spacial score (nSPS) is 25.5. The average Bonchev–Trinajstić information content (AvgIpc) is 2.28. The second-order valence-electron chi connectivity index (χ2n) is 4.20. The average molecular weight is 220 g/mol. The number of carbonyl (C=O) groups excluding carboxylic acids is 1. The molecule has 0 aliphatic carbocycles. The molecule has 0 aromatic carbocycles. The summed E-state index contributed by atoms with van der Waals surface area (Å²) in [4.78, 5) is 17.1. The number of aromatic nitrogens is 1. The molecule has 0 spiro atoms. The largest absolute Gasteiger partial charge is 0.372 e. The van der Waals surface area contributed by atoms with Crippen molar-refractivity contribution in [2.24, 2.45) is 0 Å². The van der Waals surface area contributed by atoms with Gasteiger partial charge >= 0.3 is 0 Å². The van der Waals surface area contributed by atoms with Gasteiger partial charge in [0.05, 0.1) is 12.2 Å². The fourth-order valence-electron chi connectivity index (χ4n) is 2.05. The van der Waals surface area contributed by atoms with E-state index < -0.39 is 0 Å². The highest BCUT2D eigenvalue weighted by molar-refractivity contribution is 5.72. The molecule has 1 aliphatic rings. The Morgan fingerprint density at radius 3 is 2.69 bits per heavy atom. The molecule has 2 atom stereocenters. The lowest BCUT2D eigenvalue weighted by molar-refractivity contribution is -0.00546. The molecular formula is C12H16N2O2. The van der Waals surface area contributed by atoms with Crippen LogP contribution in [-0.4, -0.2) is 36.6 Å². The van der Waals surface area contributed by atoms with E-state index >= 15 is 0 Å². The van der Waals surface area contributed by atoms with Crippen LogP contribution in [0, 0.1) is 0 Å². The highest BCUT2D eigenvalue weighted by atomic mass is 16.5. The van der Waals surface area contributed by atoms with Gasteiger partial charge in [-0.3, -0.25) is 4.79 Å². The molecule has 16 heavy (non-hydrogen) atoms. The lowest BCUT2D eigenvalue weighted by atomic mass is 10.2. The van der Waals surface area contributed by atoms with Gasteiger partial charge in [-0.1, -0.05) is 6.07 Å². The smallest absolute Gasteiger partial charge is 0.168 e. The number of rotatable bonds is 2. The minimum Gasteiger partial charge on any atom is -0.372 e. The first-order valence-electron chi connectivity index (χ1n) is 5.51. The summed E-state index contributed by atoms with van der Waals surface area (Å²) in [7, 11) is 0. The Kier molecular flexibility index (Phi) is 3.19. The molecule has 1 aromatic heterocycles. The summed E-state index contributed by atoms with van der Waals surface area (Å²) in [6, 6.07) is 5.50. The van der Waals surface area contributed by atoms with Crippen LogP contribution in [0.1, 0.15) is 24.3 Å². The van der Waals surface area contributed by atoms with Gasteiger partial charge in [-0.05, 0) is 26.0 Å². The van der Waals surface area contributed by atoms with Gasteiger partial charge in [0.25, 0.3) is 0 Å². The number of hydrogen-bond donors (Lipinski definition) is 0. The van der Waals surface area contributed by atoms with E-state index in [1.807, 2.05) is 26.0 Å². The molecule has 1 aliphatic heterocycles. The summed E-state index contributed by atoms with van der Waals surface area (Å²) >= 11 is 0. The van der Waals surface area contributed by atoms with Crippen molar-refractivity contribution < 1.29 is 9.53 Å². The Morgan fingerprint density at radius 1 is 1.38 bits per heavy atom. The van der Waals surface area contributed by atoms with Crippen LogP contribution in [0.4, 0.5) is 5.82 Å².